The van der Waals surface area contributed by atoms with Crippen molar-refractivity contribution in [1.82, 2.24) is 10.6 Å². The second-order valence-corrected chi connectivity index (χ2v) is 4.67. The molecule has 0 aliphatic heterocycles. The Hall–Kier alpha value is -1.10. The smallest absolute Gasteiger partial charge is 0.239 e. The maximum Gasteiger partial charge on any atom is 0.239 e. The van der Waals surface area contributed by atoms with Gasteiger partial charge >= 0.3 is 0 Å². The Morgan fingerprint density at radius 2 is 1.82 bits per heavy atom. The van der Waals surface area contributed by atoms with Crippen molar-refractivity contribution in [2.75, 3.05) is 13.1 Å². The van der Waals surface area contributed by atoms with Crippen molar-refractivity contribution in [3.63, 3.8) is 0 Å². The highest BCUT2D eigenvalue weighted by atomic mass is 16.2. The normalized spacial score (nSPS) is 24.1. The van der Waals surface area contributed by atoms with Gasteiger partial charge in [-0.2, -0.15) is 0 Å². The maximum atomic E-state index is 11.5. The van der Waals surface area contributed by atoms with Crippen molar-refractivity contribution in [2.24, 2.45) is 11.7 Å². The second kappa shape index (κ2) is 7.27. The molecule has 0 aromatic carbocycles. The summed E-state index contributed by atoms with van der Waals surface area (Å²) < 4.78 is 0. The summed E-state index contributed by atoms with van der Waals surface area (Å²) in [4.78, 5) is 22.4. The van der Waals surface area contributed by atoms with E-state index in [-0.39, 0.29) is 30.9 Å². The van der Waals surface area contributed by atoms with Gasteiger partial charge in [-0.1, -0.05) is 13.3 Å². The summed E-state index contributed by atoms with van der Waals surface area (Å²) in [5, 5.41) is 5.41. The van der Waals surface area contributed by atoms with Crippen LogP contribution in [0.25, 0.3) is 0 Å². The van der Waals surface area contributed by atoms with Crippen LogP contribution in [-0.4, -0.2) is 30.9 Å². The zero-order chi connectivity index (χ0) is 12.7. The minimum absolute atomic E-state index is 0.0315. The van der Waals surface area contributed by atoms with Crippen LogP contribution in [0.15, 0.2) is 0 Å². The van der Waals surface area contributed by atoms with Crippen molar-refractivity contribution < 1.29 is 9.59 Å². The lowest BCUT2D eigenvalue weighted by molar-refractivity contribution is -0.125. The van der Waals surface area contributed by atoms with Gasteiger partial charge in [-0.05, 0) is 31.6 Å². The molecule has 1 aliphatic carbocycles. The molecule has 2 amide bonds. The molecule has 0 spiro atoms. The lowest BCUT2D eigenvalue weighted by Gasteiger charge is -2.28. The number of rotatable bonds is 5. The first-order valence-electron chi connectivity index (χ1n) is 6.41. The van der Waals surface area contributed by atoms with Gasteiger partial charge in [-0.15, -0.1) is 0 Å². The van der Waals surface area contributed by atoms with E-state index in [4.69, 9.17) is 5.73 Å². The standard InChI is InChI=1S/C12H23N3O2/c1-2-9-3-5-10(6-4-9)15-12(17)8-14-11(16)7-13/h9-10H,2-8,13H2,1H3,(H,14,16)(H,15,17). The van der Waals surface area contributed by atoms with Crippen molar-refractivity contribution in [3.05, 3.63) is 0 Å². The van der Waals surface area contributed by atoms with Crippen LogP contribution in [0.2, 0.25) is 0 Å². The van der Waals surface area contributed by atoms with Gasteiger partial charge in [0.1, 0.15) is 0 Å². The topological polar surface area (TPSA) is 84.2 Å². The van der Waals surface area contributed by atoms with Gasteiger partial charge in [0.2, 0.25) is 11.8 Å². The molecule has 1 aliphatic rings. The summed E-state index contributed by atoms with van der Waals surface area (Å²) in [6.07, 6.45) is 5.71. The third kappa shape index (κ3) is 5.17. The molecule has 0 unspecified atom stereocenters. The molecular formula is C12H23N3O2. The predicted molar refractivity (Wildman–Crippen MR) is 66.2 cm³/mol. The van der Waals surface area contributed by atoms with Crippen molar-refractivity contribution >= 4 is 11.8 Å². The number of nitrogens with one attached hydrogen (secondary N) is 2. The average Bonchev–Trinajstić information content (AvgIpc) is 2.36. The van der Waals surface area contributed by atoms with Crippen LogP contribution in [0.3, 0.4) is 0 Å². The molecule has 0 saturated heterocycles. The molecule has 5 heteroatoms. The predicted octanol–water partition coefficient (Wildman–Crippen LogP) is 0.146. The lowest BCUT2D eigenvalue weighted by Crippen LogP contribution is -2.44. The van der Waals surface area contributed by atoms with Gasteiger partial charge < -0.3 is 16.4 Å². The third-order valence-electron chi connectivity index (χ3n) is 3.42. The van der Waals surface area contributed by atoms with Crippen molar-refractivity contribution in [1.29, 1.82) is 0 Å². The molecule has 0 aromatic rings. The summed E-state index contributed by atoms with van der Waals surface area (Å²) >= 11 is 0. The fourth-order valence-electron chi connectivity index (χ4n) is 2.24. The van der Waals surface area contributed by atoms with Crippen LogP contribution in [0.1, 0.15) is 39.0 Å². The highest BCUT2D eigenvalue weighted by molar-refractivity contribution is 5.85. The summed E-state index contributed by atoms with van der Waals surface area (Å²) in [5.74, 6) is 0.404. The molecule has 4 N–H and O–H groups in total. The fourth-order valence-corrected chi connectivity index (χ4v) is 2.24. The minimum atomic E-state index is -0.296. The highest BCUT2D eigenvalue weighted by Gasteiger charge is 2.21. The van der Waals surface area contributed by atoms with E-state index < -0.39 is 0 Å². The first-order chi connectivity index (χ1) is 8.15. The van der Waals surface area contributed by atoms with E-state index in [1.807, 2.05) is 0 Å². The Bertz CT molecular complexity index is 260. The Labute approximate surface area is 103 Å². The SMILES string of the molecule is CCC1CCC(NC(=O)CNC(=O)CN)CC1. The zero-order valence-electron chi connectivity index (χ0n) is 10.5. The van der Waals surface area contributed by atoms with Crippen LogP contribution in [-0.2, 0) is 9.59 Å². The van der Waals surface area contributed by atoms with Crippen LogP contribution in [0, 0.1) is 5.92 Å². The zero-order valence-corrected chi connectivity index (χ0v) is 10.5. The first-order valence-corrected chi connectivity index (χ1v) is 6.41. The number of hydrogen-bond acceptors (Lipinski definition) is 3. The second-order valence-electron chi connectivity index (χ2n) is 4.67. The van der Waals surface area contributed by atoms with E-state index in [0.29, 0.717) is 0 Å². The molecular weight excluding hydrogens is 218 g/mol. The van der Waals surface area contributed by atoms with Gasteiger partial charge in [0, 0.05) is 6.04 Å². The Morgan fingerprint density at radius 3 is 2.35 bits per heavy atom. The molecule has 0 aromatic heterocycles. The molecule has 1 saturated carbocycles. The van der Waals surface area contributed by atoms with E-state index in [2.05, 4.69) is 17.6 Å². The number of nitrogens with two attached hydrogens (primary N) is 1. The summed E-state index contributed by atoms with van der Waals surface area (Å²) in [5.41, 5.74) is 5.13. The van der Waals surface area contributed by atoms with E-state index in [1.54, 1.807) is 0 Å². The minimum Gasteiger partial charge on any atom is -0.352 e. The molecule has 0 atom stereocenters. The number of carbonyl (C=O) groups is 2. The molecule has 1 rings (SSSR count). The largest absolute Gasteiger partial charge is 0.352 e. The molecule has 17 heavy (non-hydrogen) atoms. The number of hydrogen-bond donors (Lipinski definition) is 3. The molecule has 0 bridgehead atoms. The van der Waals surface area contributed by atoms with E-state index in [1.165, 1.54) is 19.3 Å². The van der Waals surface area contributed by atoms with Crippen molar-refractivity contribution in [2.45, 2.75) is 45.1 Å². The highest BCUT2D eigenvalue weighted by Crippen LogP contribution is 2.26. The van der Waals surface area contributed by atoms with E-state index >= 15 is 0 Å². The van der Waals surface area contributed by atoms with E-state index in [0.717, 1.165) is 18.8 Å². The fraction of sp³-hybridized carbons (Fsp3) is 0.833. The Balaban J connectivity index is 2.17. The first kappa shape index (κ1) is 14.0. The van der Waals surface area contributed by atoms with Crippen molar-refractivity contribution in [3.8, 4) is 0 Å². The molecule has 0 radical (unpaired) electrons. The summed E-state index contributed by atoms with van der Waals surface area (Å²) in [6.45, 7) is 2.17. The van der Waals surface area contributed by atoms with E-state index in [9.17, 15) is 9.59 Å². The number of amides is 2. The van der Waals surface area contributed by atoms with Crippen LogP contribution >= 0.6 is 0 Å². The van der Waals surface area contributed by atoms with Crippen LogP contribution in [0.5, 0.6) is 0 Å². The van der Waals surface area contributed by atoms with Gasteiger partial charge in [-0.3, -0.25) is 9.59 Å². The van der Waals surface area contributed by atoms with Gasteiger partial charge in [0.25, 0.3) is 0 Å². The van der Waals surface area contributed by atoms with Crippen LogP contribution in [0.4, 0.5) is 0 Å². The van der Waals surface area contributed by atoms with Gasteiger partial charge in [-0.25, -0.2) is 0 Å². The van der Waals surface area contributed by atoms with Gasteiger partial charge in [0.05, 0.1) is 13.1 Å². The molecule has 98 valence electrons. The van der Waals surface area contributed by atoms with Crippen LogP contribution < -0.4 is 16.4 Å². The summed E-state index contributed by atoms with van der Waals surface area (Å²) in [7, 11) is 0. The molecule has 0 heterocycles. The monoisotopic (exact) mass is 241 g/mol. The Kier molecular flexibility index (Phi) is 5.97. The quantitative estimate of drug-likeness (QED) is 0.640. The molecule has 5 nitrogen and oxygen atoms in total. The lowest BCUT2D eigenvalue weighted by atomic mass is 9.84. The number of carbonyl (C=O) groups excluding carboxylic acids is 2. The summed E-state index contributed by atoms with van der Waals surface area (Å²) in [6, 6.07) is 0.278. The average molecular weight is 241 g/mol. The Morgan fingerprint density at radius 1 is 1.18 bits per heavy atom. The third-order valence-corrected chi connectivity index (χ3v) is 3.42. The molecule has 1 fully saturated rings. The van der Waals surface area contributed by atoms with Gasteiger partial charge in [0.15, 0.2) is 0 Å². The maximum absolute atomic E-state index is 11.5.